The average Bonchev–Trinajstić information content (AvgIpc) is 2.08. The molecule has 0 N–H and O–H groups in total. The van der Waals surface area contributed by atoms with E-state index >= 15 is 0 Å². The predicted octanol–water partition coefficient (Wildman–Crippen LogP) is 2.06. The Kier molecular flexibility index (Phi) is 4.81. The van der Waals surface area contributed by atoms with Gasteiger partial charge in [0.25, 0.3) is 0 Å². The van der Waals surface area contributed by atoms with Gasteiger partial charge in [0.15, 0.2) is 0 Å². The van der Waals surface area contributed by atoms with Crippen molar-refractivity contribution in [3.8, 4) is 0 Å². The van der Waals surface area contributed by atoms with Gasteiger partial charge in [-0.2, -0.15) is 12.6 Å². The van der Waals surface area contributed by atoms with Gasteiger partial charge in [-0.3, -0.25) is 0 Å². The Morgan fingerprint density at radius 2 is 1.92 bits per heavy atom. The van der Waals surface area contributed by atoms with Crippen molar-refractivity contribution in [2.75, 3.05) is 0 Å². The highest BCUT2D eigenvalue weighted by Gasteiger charge is 2.15. The maximum absolute atomic E-state index is 4.31. The lowest BCUT2D eigenvalue weighted by Crippen LogP contribution is -2.11. The SMILES string of the molecule is CC.CC(C)(S)c1ccnnn1. The second-order valence-electron chi connectivity index (χ2n) is 2.56. The predicted molar refractivity (Wildman–Crippen MR) is 53.2 cm³/mol. The molecular weight excluding hydrogens is 170 g/mol. The third kappa shape index (κ3) is 3.67. The van der Waals surface area contributed by atoms with E-state index in [0.29, 0.717) is 0 Å². The van der Waals surface area contributed by atoms with E-state index in [9.17, 15) is 0 Å². The van der Waals surface area contributed by atoms with Gasteiger partial charge in [0.05, 0.1) is 16.6 Å². The monoisotopic (exact) mass is 185 g/mol. The first kappa shape index (κ1) is 11.4. The van der Waals surface area contributed by atoms with Crippen molar-refractivity contribution in [1.29, 1.82) is 0 Å². The maximum atomic E-state index is 4.31. The van der Waals surface area contributed by atoms with Crippen LogP contribution in [0, 0.1) is 0 Å². The summed E-state index contributed by atoms with van der Waals surface area (Å²) in [6, 6.07) is 1.81. The summed E-state index contributed by atoms with van der Waals surface area (Å²) in [5.74, 6) is 0. The molecule has 1 heterocycles. The fourth-order valence-electron chi connectivity index (χ4n) is 0.567. The van der Waals surface area contributed by atoms with Crippen LogP contribution in [0.15, 0.2) is 12.3 Å². The van der Waals surface area contributed by atoms with Crippen LogP contribution in [0.4, 0.5) is 0 Å². The van der Waals surface area contributed by atoms with Crippen molar-refractivity contribution < 1.29 is 0 Å². The van der Waals surface area contributed by atoms with E-state index < -0.39 is 0 Å². The zero-order valence-electron chi connectivity index (χ0n) is 7.94. The molecule has 0 aliphatic rings. The van der Waals surface area contributed by atoms with Crippen LogP contribution in [0.5, 0.6) is 0 Å². The first-order chi connectivity index (χ1) is 5.61. The van der Waals surface area contributed by atoms with Crippen molar-refractivity contribution in [3.63, 3.8) is 0 Å². The lowest BCUT2D eigenvalue weighted by molar-refractivity contribution is 0.699. The summed E-state index contributed by atoms with van der Waals surface area (Å²) in [7, 11) is 0. The molecule has 0 saturated carbocycles. The molecular formula is C8H15N3S. The minimum absolute atomic E-state index is 0.226. The van der Waals surface area contributed by atoms with Gasteiger partial charge >= 0.3 is 0 Å². The molecule has 0 unspecified atom stereocenters. The molecule has 0 aromatic carbocycles. The van der Waals surface area contributed by atoms with E-state index in [1.54, 1.807) is 12.3 Å². The Bertz CT molecular complexity index is 205. The van der Waals surface area contributed by atoms with Gasteiger partial charge < -0.3 is 0 Å². The zero-order valence-corrected chi connectivity index (χ0v) is 8.84. The molecule has 3 nitrogen and oxygen atoms in total. The molecule has 12 heavy (non-hydrogen) atoms. The molecule has 0 aliphatic carbocycles. The number of hydrogen-bond donors (Lipinski definition) is 1. The van der Waals surface area contributed by atoms with Gasteiger partial charge in [-0.15, -0.1) is 10.2 Å². The summed E-state index contributed by atoms with van der Waals surface area (Å²) in [5.41, 5.74) is 0.839. The highest BCUT2D eigenvalue weighted by atomic mass is 32.1. The Morgan fingerprint density at radius 1 is 1.33 bits per heavy atom. The van der Waals surface area contributed by atoms with Gasteiger partial charge in [-0.05, 0) is 25.1 Å². The van der Waals surface area contributed by atoms with Crippen LogP contribution >= 0.6 is 12.6 Å². The van der Waals surface area contributed by atoms with Crippen molar-refractivity contribution >= 4 is 12.6 Å². The number of rotatable bonds is 1. The molecule has 0 spiro atoms. The van der Waals surface area contributed by atoms with E-state index in [1.165, 1.54) is 0 Å². The van der Waals surface area contributed by atoms with Crippen LogP contribution in [-0.4, -0.2) is 15.4 Å². The molecule has 0 radical (unpaired) electrons. The van der Waals surface area contributed by atoms with Gasteiger partial charge in [0, 0.05) is 0 Å². The van der Waals surface area contributed by atoms with Gasteiger partial charge in [0.2, 0.25) is 0 Å². The minimum Gasteiger partial charge on any atom is -0.167 e. The topological polar surface area (TPSA) is 38.7 Å². The van der Waals surface area contributed by atoms with Crippen molar-refractivity contribution in [1.82, 2.24) is 15.4 Å². The van der Waals surface area contributed by atoms with E-state index in [0.717, 1.165) is 5.69 Å². The minimum atomic E-state index is -0.226. The van der Waals surface area contributed by atoms with Crippen molar-refractivity contribution in [2.45, 2.75) is 32.4 Å². The third-order valence-electron chi connectivity index (χ3n) is 1.13. The Balaban J connectivity index is 0.000000561. The summed E-state index contributed by atoms with van der Waals surface area (Å²) < 4.78 is -0.226. The third-order valence-corrected chi connectivity index (χ3v) is 1.36. The van der Waals surface area contributed by atoms with Crippen LogP contribution in [0.1, 0.15) is 33.4 Å². The maximum Gasteiger partial charge on any atom is 0.0817 e. The summed E-state index contributed by atoms with van der Waals surface area (Å²) in [6.07, 6.45) is 1.61. The largest absolute Gasteiger partial charge is 0.167 e. The summed E-state index contributed by atoms with van der Waals surface area (Å²) in [4.78, 5) is 0. The number of aromatic nitrogens is 3. The van der Waals surface area contributed by atoms with E-state index in [4.69, 9.17) is 0 Å². The van der Waals surface area contributed by atoms with Crippen LogP contribution in [0.3, 0.4) is 0 Å². The molecule has 1 aromatic heterocycles. The lowest BCUT2D eigenvalue weighted by Gasteiger charge is -2.13. The zero-order chi connectivity index (χ0) is 9.61. The smallest absolute Gasteiger partial charge is 0.0817 e. The molecule has 0 atom stereocenters. The highest BCUT2D eigenvalue weighted by molar-refractivity contribution is 7.81. The Labute approximate surface area is 79.0 Å². The van der Waals surface area contributed by atoms with Crippen LogP contribution in [0.2, 0.25) is 0 Å². The normalized spacial score (nSPS) is 10.1. The molecule has 0 amide bonds. The van der Waals surface area contributed by atoms with Gasteiger partial charge in [-0.1, -0.05) is 13.8 Å². The lowest BCUT2D eigenvalue weighted by atomic mass is 10.1. The van der Waals surface area contributed by atoms with Crippen molar-refractivity contribution in [2.24, 2.45) is 0 Å². The molecule has 4 heteroatoms. The van der Waals surface area contributed by atoms with Gasteiger partial charge in [0.1, 0.15) is 0 Å². The Hall–Kier alpha value is -0.640. The van der Waals surface area contributed by atoms with E-state index in [-0.39, 0.29) is 4.75 Å². The second-order valence-corrected chi connectivity index (χ2v) is 3.68. The van der Waals surface area contributed by atoms with Crippen LogP contribution < -0.4 is 0 Å². The highest BCUT2D eigenvalue weighted by Crippen LogP contribution is 2.23. The van der Waals surface area contributed by atoms with E-state index in [1.807, 2.05) is 27.7 Å². The first-order valence-electron chi connectivity index (χ1n) is 3.98. The quantitative estimate of drug-likeness (QED) is 0.681. The standard InChI is InChI=1S/C6H9N3S.C2H6/c1-6(2,10)5-3-4-7-9-8-5;1-2/h3-4,10H,1-2H3;1-2H3. The molecule has 0 fully saturated rings. The molecule has 0 saturated heterocycles. The Morgan fingerprint density at radius 3 is 2.17 bits per heavy atom. The summed E-state index contributed by atoms with van der Waals surface area (Å²) in [5, 5.41) is 10.9. The molecule has 0 bridgehead atoms. The number of hydrogen-bond acceptors (Lipinski definition) is 4. The fourth-order valence-corrected chi connectivity index (χ4v) is 0.687. The number of nitrogens with zero attached hydrogens (tertiary/aromatic N) is 3. The van der Waals surface area contributed by atoms with Crippen LogP contribution in [-0.2, 0) is 4.75 Å². The molecule has 0 aliphatic heterocycles. The average molecular weight is 185 g/mol. The molecule has 1 rings (SSSR count). The van der Waals surface area contributed by atoms with Crippen LogP contribution in [0.25, 0.3) is 0 Å². The molecule has 1 aromatic rings. The number of thiol groups is 1. The fraction of sp³-hybridized carbons (Fsp3) is 0.625. The summed E-state index contributed by atoms with van der Waals surface area (Å²) in [6.45, 7) is 7.92. The van der Waals surface area contributed by atoms with Gasteiger partial charge in [-0.25, -0.2) is 0 Å². The molecule has 68 valence electrons. The van der Waals surface area contributed by atoms with Crippen molar-refractivity contribution in [3.05, 3.63) is 18.0 Å². The first-order valence-corrected chi connectivity index (χ1v) is 4.42. The summed E-state index contributed by atoms with van der Waals surface area (Å²) >= 11 is 4.31. The second kappa shape index (κ2) is 5.09. The van der Waals surface area contributed by atoms with E-state index in [2.05, 4.69) is 28.0 Å².